The minimum atomic E-state index is -0.538. The van der Waals surface area contributed by atoms with Gasteiger partial charge < -0.3 is 5.11 Å². The monoisotopic (exact) mass is 380 g/mol. The fraction of sp³-hybridized carbons (Fsp3) is 0.148. The van der Waals surface area contributed by atoms with Gasteiger partial charge in [0.1, 0.15) is 0 Å². The molecule has 2 heteroatoms. The molecule has 0 spiro atoms. The Morgan fingerprint density at radius 3 is 2.07 bits per heavy atom. The highest BCUT2D eigenvalue weighted by Crippen LogP contribution is 2.34. The third kappa shape index (κ3) is 4.28. The molecule has 0 aliphatic heterocycles. The molecule has 1 N–H and O–H groups in total. The van der Waals surface area contributed by atoms with E-state index in [4.69, 9.17) is 0 Å². The van der Waals surface area contributed by atoms with Crippen LogP contribution >= 0.6 is 0 Å². The van der Waals surface area contributed by atoms with Gasteiger partial charge in [-0.05, 0) is 58.5 Å². The molecular weight excluding hydrogens is 356 g/mol. The van der Waals surface area contributed by atoms with Crippen LogP contribution in [0.25, 0.3) is 21.5 Å². The summed E-state index contributed by atoms with van der Waals surface area (Å²) in [6.07, 6.45) is 5.24. The van der Waals surface area contributed by atoms with E-state index in [1.807, 2.05) is 60.7 Å². The SMILES string of the molecule is O=C(/C=C/CCC[C@@H](O)c1c2ccccc2cc2ccccc12)c1ccccc1. The first-order chi connectivity index (χ1) is 14.2. The summed E-state index contributed by atoms with van der Waals surface area (Å²) in [4.78, 5) is 12.1. The lowest BCUT2D eigenvalue weighted by Crippen LogP contribution is -2.00. The predicted octanol–water partition coefficient (Wildman–Crippen LogP) is 6.64. The number of fused-ring (bicyclic) bond motifs is 2. The molecule has 0 saturated heterocycles. The second-order valence-electron chi connectivity index (χ2n) is 7.31. The molecule has 144 valence electrons. The topological polar surface area (TPSA) is 37.3 Å². The van der Waals surface area contributed by atoms with Crippen LogP contribution in [0.5, 0.6) is 0 Å². The Labute approximate surface area is 171 Å². The molecule has 0 heterocycles. The lowest BCUT2D eigenvalue weighted by atomic mass is 9.91. The largest absolute Gasteiger partial charge is 0.388 e. The molecule has 1 atom stereocenters. The average molecular weight is 380 g/mol. The summed E-state index contributed by atoms with van der Waals surface area (Å²) in [5.74, 6) is 0.0196. The van der Waals surface area contributed by atoms with Crippen molar-refractivity contribution in [2.24, 2.45) is 0 Å². The number of benzene rings is 4. The first-order valence-electron chi connectivity index (χ1n) is 10.1. The summed E-state index contributed by atoms with van der Waals surface area (Å²) in [5.41, 5.74) is 1.70. The van der Waals surface area contributed by atoms with Crippen LogP contribution in [0.4, 0.5) is 0 Å². The minimum Gasteiger partial charge on any atom is -0.388 e. The van der Waals surface area contributed by atoms with E-state index < -0.39 is 6.10 Å². The maximum atomic E-state index is 12.1. The number of aliphatic hydroxyl groups is 1. The fourth-order valence-corrected chi connectivity index (χ4v) is 3.87. The summed E-state index contributed by atoms with van der Waals surface area (Å²) >= 11 is 0. The Bertz CT molecular complexity index is 1100. The number of carbonyl (C=O) groups excluding carboxylic acids is 1. The maximum absolute atomic E-state index is 12.1. The van der Waals surface area contributed by atoms with Crippen LogP contribution in [0.1, 0.15) is 41.3 Å². The van der Waals surface area contributed by atoms with Crippen LogP contribution in [-0.2, 0) is 0 Å². The molecule has 0 saturated carbocycles. The van der Waals surface area contributed by atoms with Crippen molar-refractivity contribution in [3.63, 3.8) is 0 Å². The van der Waals surface area contributed by atoms with Crippen LogP contribution < -0.4 is 0 Å². The molecule has 4 rings (SSSR count). The molecule has 0 bridgehead atoms. The van der Waals surface area contributed by atoms with Crippen LogP contribution in [0.15, 0.2) is 97.1 Å². The van der Waals surface area contributed by atoms with Crippen molar-refractivity contribution in [1.82, 2.24) is 0 Å². The highest BCUT2D eigenvalue weighted by atomic mass is 16.3. The molecular formula is C27H24O2. The number of hydrogen-bond donors (Lipinski definition) is 1. The lowest BCUT2D eigenvalue weighted by Gasteiger charge is -2.17. The van der Waals surface area contributed by atoms with Gasteiger partial charge in [0.15, 0.2) is 5.78 Å². The molecule has 0 amide bonds. The third-order valence-electron chi connectivity index (χ3n) is 5.32. The Hall–Kier alpha value is -3.23. The molecule has 2 nitrogen and oxygen atoms in total. The molecule has 4 aromatic rings. The molecule has 0 aliphatic carbocycles. The van der Waals surface area contributed by atoms with Gasteiger partial charge in [0.05, 0.1) is 6.10 Å². The molecule has 0 radical (unpaired) electrons. The van der Waals surface area contributed by atoms with Crippen LogP contribution in [0.2, 0.25) is 0 Å². The smallest absolute Gasteiger partial charge is 0.185 e. The minimum absolute atomic E-state index is 0.0196. The highest BCUT2D eigenvalue weighted by molar-refractivity contribution is 6.04. The van der Waals surface area contributed by atoms with E-state index >= 15 is 0 Å². The van der Waals surface area contributed by atoms with E-state index in [-0.39, 0.29) is 5.78 Å². The van der Waals surface area contributed by atoms with Gasteiger partial charge in [-0.15, -0.1) is 0 Å². The summed E-state index contributed by atoms with van der Waals surface area (Å²) in [7, 11) is 0. The first-order valence-corrected chi connectivity index (χ1v) is 10.1. The fourth-order valence-electron chi connectivity index (χ4n) is 3.87. The maximum Gasteiger partial charge on any atom is 0.185 e. The van der Waals surface area contributed by atoms with Crippen LogP contribution in [-0.4, -0.2) is 10.9 Å². The summed E-state index contributed by atoms with van der Waals surface area (Å²) in [5, 5.41) is 15.5. The molecule has 4 aromatic carbocycles. The van der Waals surface area contributed by atoms with Crippen molar-refractivity contribution >= 4 is 27.3 Å². The van der Waals surface area contributed by atoms with Gasteiger partial charge in [0.25, 0.3) is 0 Å². The second-order valence-corrected chi connectivity index (χ2v) is 7.31. The first kappa shape index (κ1) is 19.1. The normalized spacial score (nSPS) is 12.6. The van der Waals surface area contributed by atoms with Crippen molar-refractivity contribution in [3.05, 3.63) is 108 Å². The van der Waals surface area contributed by atoms with Crippen molar-refractivity contribution in [2.45, 2.75) is 25.4 Å². The Morgan fingerprint density at radius 2 is 1.41 bits per heavy atom. The zero-order valence-electron chi connectivity index (χ0n) is 16.3. The van der Waals surface area contributed by atoms with E-state index in [1.165, 1.54) is 0 Å². The van der Waals surface area contributed by atoms with Gasteiger partial charge in [0.2, 0.25) is 0 Å². The van der Waals surface area contributed by atoms with Crippen molar-refractivity contribution in [2.75, 3.05) is 0 Å². The Morgan fingerprint density at radius 1 is 0.828 bits per heavy atom. The Balaban J connectivity index is 1.47. The van der Waals surface area contributed by atoms with E-state index in [0.717, 1.165) is 39.9 Å². The van der Waals surface area contributed by atoms with E-state index in [0.29, 0.717) is 12.0 Å². The van der Waals surface area contributed by atoms with E-state index in [2.05, 4.69) is 30.3 Å². The molecule has 0 fully saturated rings. The molecule has 0 unspecified atom stereocenters. The third-order valence-corrected chi connectivity index (χ3v) is 5.32. The van der Waals surface area contributed by atoms with Gasteiger partial charge in [0, 0.05) is 5.56 Å². The Kier molecular flexibility index (Phi) is 5.83. The molecule has 0 aromatic heterocycles. The van der Waals surface area contributed by atoms with Crippen molar-refractivity contribution in [3.8, 4) is 0 Å². The average Bonchev–Trinajstić information content (AvgIpc) is 2.77. The second kappa shape index (κ2) is 8.85. The number of aliphatic hydroxyl groups excluding tert-OH is 1. The summed E-state index contributed by atoms with van der Waals surface area (Å²) in [6.45, 7) is 0. The van der Waals surface area contributed by atoms with Gasteiger partial charge in [-0.2, -0.15) is 0 Å². The number of carbonyl (C=O) groups is 1. The van der Waals surface area contributed by atoms with Crippen molar-refractivity contribution < 1.29 is 9.90 Å². The highest BCUT2D eigenvalue weighted by Gasteiger charge is 2.15. The zero-order chi connectivity index (χ0) is 20.1. The quantitative estimate of drug-likeness (QED) is 0.169. The van der Waals surface area contributed by atoms with Gasteiger partial charge >= 0.3 is 0 Å². The summed E-state index contributed by atoms with van der Waals surface area (Å²) in [6, 6.07) is 27.9. The number of ketones is 1. The van der Waals surface area contributed by atoms with Crippen molar-refractivity contribution in [1.29, 1.82) is 0 Å². The molecule has 0 aliphatic rings. The van der Waals surface area contributed by atoms with Crippen LogP contribution in [0, 0.1) is 0 Å². The lowest BCUT2D eigenvalue weighted by molar-refractivity contribution is 0.104. The standard InChI is InChI=1S/C27H24O2/c28-25(20-11-3-1-4-12-20)17-5-2-6-18-26(29)27-23-15-9-7-13-21(23)19-22-14-8-10-16-24(22)27/h1,3-5,7-17,19,26,29H,2,6,18H2/b17-5+/t26-/m1/s1. The zero-order valence-corrected chi connectivity index (χ0v) is 16.3. The number of allylic oxidation sites excluding steroid dienone is 2. The summed E-state index contributed by atoms with van der Waals surface area (Å²) < 4.78 is 0. The van der Waals surface area contributed by atoms with Gasteiger partial charge in [-0.3, -0.25) is 4.79 Å². The number of rotatable bonds is 7. The van der Waals surface area contributed by atoms with Gasteiger partial charge in [-0.25, -0.2) is 0 Å². The number of unbranched alkanes of at least 4 members (excludes halogenated alkanes) is 1. The van der Waals surface area contributed by atoms with E-state index in [9.17, 15) is 9.90 Å². The molecule has 29 heavy (non-hydrogen) atoms. The number of hydrogen-bond acceptors (Lipinski definition) is 2. The van der Waals surface area contributed by atoms with Crippen LogP contribution in [0.3, 0.4) is 0 Å². The predicted molar refractivity (Wildman–Crippen MR) is 120 cm³/mol. The van der Waals surface area contributed by atoms with E-state index in [1.54, 1.807) is 6.08 Å². The van der Waals surface area contributed by atoms with Gasteiger partial charge in [-0.1, -0.05) is 84.9 Å².